The number of rotatable bonds is 1. The molecule has 1 aromatic heterocycles. The van der Waals surface area contributed by atoms with Crippen molar-refractivity contribution in [3.63, 3.8) is 0 Å². The molecule has 4 nitrogen and oxygen atoms in total. The minimum absolute atomic E-state index is 0.223. The Morgan fingerprint density at radius 2 is 2.27 bits per heavy atom. The summed E-state index contributed by atoms with van der Waals surface area (Å²) in [6, 6.07) is 0. The first-order valence-electron chi connectivity index (χ1n) is 2.78. The Morgan fingerprint density at radius 1 is 1.64 bits per heavy atom. The van der Waals surface area contributed by atoms with Gasteiger partial charge in [-0.1, -0.05) is 0 Å². The van der Waals surface area contributed by atoms with Crippen molar-refractivity contribution in [2.24, 2.45) is 0 Å². The van der Waals surface area contributed by atoms with E-state index in [1.165, 1.54) is 0 Å². The van der Waals surface area contributed by atoms with E-state index in [1.54, 1.807) is 7.05 Å². The molecule has 1 amide bonds. The molecule has 11 heavy (non-hydrogen) atoms. The van der Waals surface area contributed by atoms with Crippen molar-refractivity contribution in [1.82, 2.24) is 15.5 Å². The van der Waals surface area contributed by atoms with Crippen molar-refractivity contribution in [3.05, 3.63) is 14.8 Å². The number of carbonyl (C=O) groups is 1. The van der Waals surface area contributed by atoms with Gasteiger partial charge in [-0.15, -0.1) is 0 Å². The van der Waals surface area contributed by atoms with Crippen LogP contribution < -0.4 is 5.32 Å². The van der Waals surface area contributed by atoms with Crippen molar-refractivity contribution in [3.8, 4) is 0 Å². The molecule has 0 saturated carbocycles. The summed E-state index contributed by atoms with van der Waals surface area (Å²) in [7, 11) is 1.55. The number of hydrogen-bond donors (Lipinski definition) is 2. The maximum absolute atomic E-state index is 11.0. The second-order valence-corrected chi connectivity index (χ2v) is 3.37. The number of amides is 1. The van der Waals surface area contributed by atoms with Crippen LogP contribution in [0.25, 0.3) is 0 Å². The van der Waals surface area contributed by atoms with E-state index in [9.17, 15) is 4.79 Å². The summed E-state index contributed by atoms with van der Waals surface area (Å²) in [4.78, 5) is 11.0. The van der Waals surface area contributed by atoms with Gasteiger partial charge < -0.3 is 5.32 Å². The molecule has 0 aromatic carbocycles. The lowest BCUT2D eigenvalue weighted by Crippen LogP contribution is -2.18. The van der Waals surface area contributed by atoms with E-state index in [1.807, 2.05) is 0 Å². The second kappa shape index (κ2) is 3.36. The molecule has 0 aliphatic carbocycles. The molecule has 0 fully saturated rings. The van der Waals surface area contributed by atoms with E-state index < -0.39 is 0 Å². The molecular formula is C5H5Br2N3O. The fourth-order valence-corrected chi connectivity index (χ4v) is 1.21. The van der Waals surface area contributed by atoms with Crippen molar-refractivity contribution < 1.29 is 4.79 Å². The fourth-order valence-electron chi connectivity index (χ4n) is 0.576. The van der Waals surface area contributed by atoms with Crippen LogP contribution in [0.1, 0.15) is 10.5 Å². The summed E-state index contributed by atoms with van der Waals surface area (Å²) >= 11 is 6.36. The quantitative estimate of drug-likeness (QED) is 0.816. The van der Waals surface area contributed by atoms with Crippen molar-refractivity contribution in [2.45, 2.75) is 0 Å². The maximum Gasteiger partial charge on any atom is 0.272 e. The van der Waals surface area contributed by atoms with Crippen LogP contribution in [0.5, 0.6) is 0 Å². The van der Waals surface area contributed by atoms with Crippen LogP contribution in [0.2, 0.25) is 0 Å². The summed E-state index contributed by atoms with van der Waals surface area (Å²) in [6.07, 6.45) is 0. The predicted octanol–water partition coefficient (Wildman–Crippen LogP) is 1.29. The molecule has 0 atom stereocenters. The number of H-pyrrole nitrogens is 1. The van der Waals surface area contributed by atoms with Gasteiger partial charge in [-0.25, -0.2) is 0 Å². The average Bonchev–Trinajstić information content (AvgIpc) is 2.32. The Kier molecular flexibility index (Phi) is 2.67. The standard InChI is InChI=1S/C5H5Br2N3O/c1-8-5(11)3-2(6)4(7)10-9-3/h1H3,(H,8,11)(H,9,10). The molecule has 1 aromatic rings. The van der Waals surface area contributed by atoms with Gasteiger partial charge in [-0.3, -0.25) is 9.89 Å². The minimum Gasteiger partial charge on any atom is -0.354 e. The van der Waals surface area contributed by atoms with Crippen LogP contribution in [0, 0.1) is 0 Å². The van der Waals surface area contributed by atoms with E-state index in [0.29, 0.717) is 14.8 Å². The number of nitrogens with one attached hydrogen (secondary N) is 2. The van der Waals surface area contributed by atoms with E-state index in [2.05, 4.69) is 47.4 Å². The Bertz CT molecular complexity index is 283. The molecule has 0 saturated heterocycles. The number of hydrogen-bond acceptors (Lipinski definition) is 2. The van der Waals surface area contributed by atoms with Gasteiger partial charge in [0.2, 0.25) is 0 Å². The molecular weight excluding hydrogens is 278 g/mol. The van der Waals surface area contributed by atoms with Gasteiger partial charge in [-0.05, 0) is 31.9 Å². The number of aromatic amines is 1. The van der Waals surface area contributed by atoms with Gasteiger partial charge in [0.1, 0.15) is 4.60 Å². The van der Waals surface area contributed by atoms with Gasteiger partial charge in [0, 0.05) is 7.05 Å². The fraction of sp³-hybridized carbons (Fsp3) is 0.200. The van der Waals surface area contributed by atoms with Crippen molar-refractivity contribution >= 4 is 37.8 Å². The van der Waals surface area contributed by atoms with Gasteiger partial charge >= 0.3 is 0 Å². The van der Waals surface area contributed by atoms with Crippen LogP contribution in [-0.4, -0.2) is 23.2 Å². The molecule has 1 rings (SSSR count). The Morgan fingerprint density at radius 3 is 2.64 bits per heavy atom. The van der Waals surface area contributed by atoms with Gasteiger partial charge in [0.05, 0.1) is 4.47 Å². The van der Waals surface area contributed by atoms with E-state index in [0.717, 1.165) is 0 Å². The molecule has 0 bridgehead atoms. The highest BCUT2D eigenvalue weighted by atomic mass is 79.9. The average molecular weight is 283 g/mol. The van der Waals surface area contributed by atoms with Crippen molar-refractivity contribution in [1.29, 1.82) is 0 Å². The normalized spacial score (nSPS) is 9.73. The van der Waals surface area contributed by atoms with E-state index in [-0.39, 0.29) is 5.91 Å². The Balaban J connectivity index is 3.04. The third-order valence-electron chi connectivity index (χ3n) is 1.11. The Hall–Kier alpha value is -0.360. The van der Waals surface area contributed by atoms with Crippen LogP contribution in [0.4, 0.5) is 0 Å². The third kappa shape index (κ3) is 1.62. The molecule has 2 N–H and O–H groups in total. The van der Waals surface area contributed by atoms with Gasteiger partial charge in [0.15, 0.2) is 5.69 Å². The van der Waals surface area contributed by atoms with Crippen LogP contribution >= 0.6 is 31.9 Å². The number of carbonyl (C=O) groups excluding carboxylic acids is 1. The lowest BCUT2D eigenvalue weighted by Gasteiger charge is -1.92. The van der Waals surface area contributed by atoms with Crippen LogP contribution in [-0.2, 0) is 0 Å². The topological polar surface area (TPSA) is 57.8 Å². The second-order valence-electron chi connectivity index (χ2n) is 1.78. The highest BCUT2D eigenvalue weighted by Crippen LogP contribution is 2.23. The summed E-state index contributed by atoms with van der Waals surface area (Å²) in [5, 5.41) is 8.83. The highest BCUT2D eigenvalue weighted by Gasteiger charge is 2.14. The van der Waals surface area contributed by atoms with Crippen LogP contribution in [0.3, 0.4) is 0 Å². The third-order valence-corrected chi connectivity index (χ3v) is 2.99. The summed E-state index contributed by atoms with van der Waals surface area (Å²) < 4.78 is 1.30. The molecule has 0 aliphatic rings. The first-order chi connectivity index (χ1) is 5.16. The first-order valence-corrected chi connectivity index (χ1v) is 4.37. The van der Waals surface area contributed by atoms with Gasteiger partial charge in [0.25, 0.3) is 5.91 Å². The number of halogens is 2. The molecule has 0 aliphatic heterocycles. The molecule has 0 unspecified atom stereocenters. The monoisotopic (exact) mass is 281 g/mol. The highest BCUT2D eigenvalue weighted by molar-refractivity contribution is 9.13. The molecule has 60 valence electrons. The zero-order valence-corrected chi connectivity index (χ0v) is 8.78. The summed E-state index contributed by atoms with van der Waals surface area (Å²) in [5.74, 6) is -0.223. The molecule has 0 spiro atoms. The van der Waals surface area contributed by atoms with Crippen LogP contribution in [0.15, 0.2) is 9.08 Å². The number of nitrogens with zero attached hydrogens (tertiary/aromatic N) is 1. The van der Waals surface area contributed by atoms with Crippen molar-refractivity contribution in [2.75, 3.05) is 7.05 Å². The maximum atomic E-state index is 11.0. The lowest BCUT2D eigenvalue weighted by atomic mass is 10.4. The zero-order valence-electron chi connectivity index (χ0n) is 5.61. The molecule has 0 radical (unpaired) electrons. The SMILES string of the molecule is CNC(=O)c1n[nH]c(Br)c1Br. The lowest BCUT2D eigenvalue weighted by molar-refractivity contribution is 0.0957. The van der Waals surface area contributed by atoms with Gasteiger partial charge in [-0.2, -0.15) is 5.10 Å². The largest absolute Gasteiger partial charge is 0.354 e. The molecule has 6 heteroatoms. The first kappa shape index (κ1) is 8.73. The summed E-state index contributed by atoms with van der Waals surface area (Å²) in [6.45, 7) is 0. The molecule has 1 heterocycles. The Labute approximate surface area is 80.0 Å². The zero-order chi connectivity index (χ0) is 8.43. The van der Waals surface area contributed by atoms with E-state index >= 15 is 0 Å². The van der Waals surface area contributed by atoms with E-state index in [4.69, 9.17) is 0 Å². The smallest absolute Gasteiger partial charge is 0.272 e. The number of aromatic nitrogens is 2. The predicted molar refractivity (Wildman–Crippen MR) is 47.4 cm³/mol. The summed E-state index contributed by atoms with van der Waals surface area (Å²) in [5.41, 5.74) is 0.347. The minimum atomic E-state index is -0.223.